The zero-order chi connectivity index (χ0) is 21.9. The predicted octanol–water partition coefficient (Wildman–Crippen LogP) is 2.51. The first kappa shape index (κ1) is 22.0. The first-order chi connectivity index (χ1) is 14.2. The summed E-state index contributed by atoms with van der Waals surface area (Å²) in [7, 11) is 0.426. The zero-order valence-electron chi connectivity index (χ0n) is 17.9. The van der Waals surface area contributed by atoms with E-state index in [-0.39, 0.29) is 17.2 Å². The summed E-state index contributed by atoms with van der Waals surface area (Å²) in [6.07, 6.45) is 4.04. The molecule has 8 nitrogen and oxygen atoms in total. The lowest BCUT2D eigenvalue weighted by atomic mass is 10.1. The average Bonchev–Trinajstić information content (AvgIpc) is 3.23. The van der Waals surface area contributed by atoms with Gasteiger partial charge in [-0.3, -0.25) is 4.79 Å². The molecule has 0 unspecified atom stereocenters. The van der Waals surface area contributed by atoms with Crippen molar-refractivity contribution >= 4 is 33.2 Å². The van der Waals surface area contributed by atoms with Gasteiger partial charge in [-0.1, -0.05) is 12.1 Å². The molecule has 30 heavy (non-hydrogen) atoms. The van der Waals surface area contributed by atoms with Crippen LogP contribution >= 0.6 is 0 Å². The monoisotopic (exact) mass is 431 g/mol. The van der Waals surface area contributed by atoms with Crippen molar-refractivity contribution in [1.82, 2.24) is 9.97 Å². The molecule has 1 N–H and O–H groups in total. The van der Waals surface area contributed by atoms with Crippen LogP contribution in [-0.4, -0.2) is 56.7 Å². The number of carbonyl (C=O) groups excluding carboxylic acids is 1. The van der Waals surface area contributed by atoms with Crippen molar-refractivity contribution in [2.24, 2.45) is 0 Å². The Bertz CT molecular complexity index is 998. The number of anilines is 3. The molecule has 0 radical (unpaired) electrons. The second-order valence-electron chi connectivity index (χ2n) is 7.96. The maximum atomic E-state index is 12.6. The average molecular weight is 432 g/mol. The van der Waals surface area contributed by atoms with Crippen LogP contribution in [0.5, 0.6) is 0 Å². The summed E-state index contributed by atoms with van der Waals surface area (Å²) in [4.78, 5) is 25.9. The normalized spacial score (nSPS) is 14.2. The van der Waals surface area contributed by atoms with Crippen LogP contribution in [0.1, 0.15) is 32.3 Å². The molecule has 2 aromatic rings. The van der Waals surface area contributed by atoms with Gasteiger partial charge in [0.25, 0.3) is 0 Å². The molecule has 0 atom stereocenters. The number of nitrogens with one attached hydrogen (secondary N) is 1. The SMILES string of the molecule is CC(C)S(=O)(=O)c1ccc(CC(=O)Nc2cnc(N3CCCC3)nc2N(C)C)cc1. The van der Waals surface area contributed by atoms with Crippen molar-refractivity contribution in [2.75, 3.05) is 42.3 Å². The van der Waals surface area contributed by atoms with Crippen molar-refractivity contribution < 1.29 is 13.2 Å². The number of amides is 1. The van der Waals surface area contributed by atoms with Gasteiger partial charge in [0.1, 0.15) is 5.69 Å². The smallest absolute Gasteiger partial charge is 0.228 e. The fourth-order valence-electron chi connectivity index (χ4n) is 3.31. The van der Waals surface area contributed by atoms with Crippen LogP contribution in [0.2, 0.25) is 0 Å². The molecular weight excluding hydrogens is 402 g/mol. The predicted molar refractivity (Wildman–Crippen MR) is 119 cm³/mol. The van der Waals surface area contributed by atoms with Crippen molar-refractivity contribution in [2.45, 2.75) is 43.3 Å². The van der Waals surface area contributed by atoms with Crippen LogP contribution in [0, 0.1) is 0 Å². The van der Waals surface area contributed by atoms with Crippen LogP contribution in [0.3, 0.4) is 0 Å². The Hall–Kier alpha value is -2.68. The van der Waals surface area contributed by atoms with E-state index in [0.717, 1.165) is 31.5 Å². The summed E-state index contributed by atoms with van der Waals surface area (Å²) in [5.41, 5.74) is 1.28. The lowest BCUT2D eigenvalue weighted by molar-refractivity contribution is -0.115. The molecule has 0 spiro atoms. The van der Waals surface area contributed by atoms with E-state index < -0.39 is 15.1 Å². The fourth-order valence-corrected chi connectivity index (χ4v) is 4.37. The van der Waals surface area contributed by atoms with Gasteiger partial charge in [0.05, 0.1) is 22.8 Å². The number of aromatic nitrogens is 2. The van der Waals surface area contributed by atoms with Gasteiger partial charge in [-0.15, -0.1) is 0 Å². The highest BCUT2D eigenvalue weighted by molar-refractivity contribution is 7.92. The summed E-state index contributed by atoms with van der Waals surface area (Å²) in [6, 6.07) is 6.46. The highest BCUT2D eigenvalue weighted by atomic mass is 32.2. The van der Waals surface area contributed by atoms with E-state index in [0.29, 0.717) is 17.5 Å². The molecule has 162 valence electrons. The molecule has 1 aromatic carbocycles. The summed E-state index contributed by atoms with van der Waals surface area (Å²) in [6.45, 7) is 5.19. The third kappa shape index (κ3) is 4.89. The van der Waals surface area contributed by atoms with E-state index in [4.69, 9.17) is 0 Å². The molecule has 1 aromatic heterocycles. The Labute approximate surface area is 178 Å². The van der Waals surface area contributed by atoms with Gasteiger partial charge in [0.2, 0.25) is 11.9 Å². The Morgan fingerprint density at radius 3 is 2.37 bits per heavy atom. The first-order valence-electron chi connectivity index (χ1n) is 10.1. The highest BCUT2D eigenvalue weighted by Crippen LogP contribution is 2.25. The molecule has 1 fully saturated rings. The molecule has 0 bridgehead atoms. The number of hydrogen-bond donors (Lipinski definition) is 1. The minimum Gasteiger partial charge on any atom is -0.361 e. The molecule has 9 heteroatoms. The molecule has 0 aliphatic carbocycles. The van der Waals surface area contributed by atoms with Crippen molar-refractivity contribution in [3.8, 4) is 0 Å². The standard InChI is InChI=1S/C21H29N5O3S/c1-15(2)30(28,29)17-9-7-16(8-10-17)13-19(27)23-18-14-22-21(24-20(18)25(3)4)26-11-5-6-12-26/h7-10,14-15H,5-6,11-13H2,1-4H3,(H,23,27). The molecule has 1 saturated heterocycles. The lowest BCUT2D eigenvalue weighted by Gasteiger charge is -2.21. The first-order valence-corrected chi connectivity index (χ1v) is 11.6. The zero-order valence-corrected chi connectivity index (χ0v) is 18.7. The maximum absolute atomic E-state index is 12.6. The Morgan fingerprint density at radius 2 is 1.80 bits per heavy atom. The van der Waals surface area contributed by atoms with Gasteiger partial charge in [0.15, 0.2) is 15.7 Å². The summed E-state index contributed by atoms with van der Waals surface area (Å²) in [5.74, 6) is 1.12. The Morgan fingerprint density at radius 1 is 1.17 bits per heavy atom. The van der Waals surface area contributed by atoms with Crippen molar-refractivity contribution in [3.63, 3.8) is 0 Å². The Balaban J connectivity index is 1.71. The van der Waals surface area contributed by atoms with E-state index in [1.165, 1.54) is 0 Å². The minimum absolute atomic E-state index is 0.128. The van der Waals surface area contributed by atoms with E-state index >= 15 is 0 Å². The maximum Gasteiger partial charge on any atom is 0.228 e. The third-order valence-corrected chi connectivity index (χ3v) is 7.25. The Kier molecular flexibility index (Phi) is 6.60. The second-order valence-corrected chi connectivity index (χ2v) is 10.5. The van der Waals surface area contributed by atoms with Gasteiger partial charge in [0, 0.05) is 27.2 Å². The lowest BCUT2D eigenvalue weighted by Crippen LogP contribution is -2.24. The van der Waals surface area contributed by atoms with Crippen LogP contribution < -0.4 is 15.1 Å². The van der Waals surface area contributed by atoms with Crippen LogP contribution in [-0.2, 0) is 21.1 Å². The molecule has 0 saturated carbocycles. The number of hydrogen-bond acceptors (Lipinski definition) is 7. The van der Waals surface area contributed by atoms with Gasteiger partial charge in [-0.2, -0.15) is 4.98 Å². The van der Waals surface area contributed by atoms with Crippen molar-refractivity contribution in [3.05, 3.63) is 36.0 Å². The topological polar surface area (TPSA) is 95.5 Å². The third-order valence-electron chi connectivity index (χ3n) is 5.08. The van der Waals surface area contributed by atoms with Crippen LogP contribution in [0.25, 0.3) is 0 Å². The van der Waals surface area contributed by atoms with Gasteiger partial charge in [-0.25, -0.2) is 13.4 Å². The molecule has 2 heterocycles. The fraction of sp³-hybridized carbons (Fsp3) is 0.476. The molecule has 1 aliphatic rings. The molecule has 1 aliphatic heterocycles. The van der Waals surface area contributed by atoms with Crippen molar-refractivity contribution in [1.29, 1.82) is 0 Å². The van der Waals surface area contributed by atoms with Gasteiger partial charge >= 0.3 is 0 Å². The van der Waals surface area contributed by atoms with E-state index in [2.05, 4.69) is 20.2 Å². The van der Waals surface area contributed by atoms with Gasteiger partial charge in [-0.05, 0) is 44.4 Å². The molecular formula is C21H29N5O3S. The van der Waals surface area contributed by atoms with E-state index in [1.54, 1.807) is 44.3 Å². The van der Waals surface area contributed by atoms with E-state index in [9.17, 15) is 13.2 Å². The summed E-state index contributed by atoms with van der Waals surface area (Å²) in [5, 5.41) is 2.39. The number of sulfone groups is 1. The largest absolute Gasteiger partial charge is 0.361 e. The number of carbonyl (C=O) groups is 1. The number of nitrogens with zero attached hydrogens (tertiary/aromatic N) is 4. The highest BCUT2D eigenvalue weighted by Gasteiger charge is 2.20. The van der Waals surface area contributed by atoms with E-state index in [1.807, 2.05) is 19.0 Å². The molecule has 1 amide bonds. The van der Waals surface area contributed by atoms with Gasteiger partial charge < -0.3 is 15.1 Å². The number of rotatable bonds is 7. The summed E-state index contributed by atoms with van der Waals surface area (Å²) >= 11 is 0. The second kappa shape index (κ2) is 8.99. The number of benzene rings is 1. The quantitative estimate of drug-likeness (QED) is 0.720. The molecule has 3 rings (SSSR count). The van der Waals surface area contributed by atoms with Crippen LogP contribution in [0.4, 0.5) is 17.5 Å². The minimum atomic E-state index is -3.32. The van der Waals surface area contributed by atoms with Crippen LogP contribution in [0.15, 0.2) is 35.4 Å². The summed E-state index contributed by atoms with van der Waals surface area (Å²) < 4.78 is 24.5.